The number of nitrogens with one attached hydrogen (secondary N) is 1. The van der Waals surface area contributed by atoms with Gasteiger partial charge in [-0.15, -0.1) is 0 Å². The molecule has 0 radical (unpaired) electrons. The number of carbonyl (C=O) groups is 1. The Morgan fingerprint density at radius 2 is 1.75 bits per heavy atom. The lowest BCUT2D eigenvalue weighted by Crippen LogP contribution is -2.40. The van der Waals surface area contributed by atoms with E-state index in [1.54, 1.807) is 18.2 Å². The summed E-state index contributed by atoms with van der Waals surface area (Å²) in [6.45, 7) is 1.26. The molecule has 1 saturated carbocycles. The summed E-state index contributed by atoms with van der Waals surface area (Å²) in [5.74, 6) is -0.239. The first kappa shape index (κ1) is 22.7. The van der Waals surface area contributed by atoms with Crippen molar-refractivity contribution in [1.82, 2.24) is 4.31 Å². The van der Waals surface area contributed by atoms with Gasteiger partial charge in [0, 0.05) is 13.1 Å². The average molecular weight is 463 g/mol. The minimum atomic E-state index is -3.73. The van der Waals surface area contributed by atoms with Gasteiger partial charge in [0.05, 0.1) is 36.3 Å². The molecule has 0 atom stereocenters. The molecule has 0 bridgehead atoms. The maximum atomic E-state index is 13.5. The van der Waals surface area contributed by atoms with Gasteiger partial charge in [-0.05, 0) is 48.7 Å². The minimum absolute atomic E-state index is 0.0813. The number of carbonyl (C=O) groups excluding carboxylic acids is 1. The maximum Gasteiger partial charge on any atom is 0.243 e. The molecule has 0 spiro atoms. The first-order valence-electron chi connectivity index (χ1n) is 10.7. The monoisotopic (exact) mass is 462 g/mol. The highest BCUT2D eigenvalue weighted by atomic mass is 32.2. The molecule has 2 aliphatic rings. The standard InChI is InChI=1S/C23H27FN2O5S/c1-30-21-9-8-19(32(28,29)26-12-14-31-15-13-26)16-20(21)25-22(27)23(10-2-3-11-23)17-4-6-18(24)7-5-17/h4-9,16H,2-3,10-15H2,1H3,(H,25,27). The molecule has 1 N–H and O–H groups in total. The van der Waals surface area contributed by atoms with Crippen molar-refractivity contribution in [1.29, 1.82) is 0 Å². The molecule has 2 fully saturated rings. The zero-order valence-electron chi connectivity index (χ0n) is 18.0. The van der Waals surface area contributed by atoms with Crippen molar-refractivity contribution in [3.63, 3.8) is 0 Å². The van der Waals surface area contributed by atoms with Crippen molar-refractivity contribution in [2.24, 2.45) is 0 Å². The summed E-state index contributed by atoms with van der Waals surface area (Å²) < 4.78 is 51.6. The van der Waals surface area contributed by atoms with Crippen LogP contribution in [0.3, 0.4) is 0 Å². The van der Waals surface area contributed by atoms with E-state index in [1.807, 2.05) is 0 Å². The van der Waals surface area contributed by atoms with Gasteiger partial charge in [0.25, 0.3) is 0 Å². The van der Waals surface area contributed by atoms with Gasteiger partial charge < -0.3 is 14.8 Å². The molecule has 32 heavy (non-hydrogen) atoms. The van der Waals surface area contributed by atoms with Crippen LogP contribution >= 0.6 is 0 Å². The molecular weight excluding hydrogens is 435 g/mol. The lowest BCUT2D eigenvalue weighted by molar-refractivity contribution is -0.121. The van der Waals surface area contributed by atoms with Crippen LogP contribution in [0.4, 0.5) is 10.1 Å². The van der Waals surface area contributed by atoms with Gasteiger partial charge in [0.2, 0.25) is 15.9 Å². The summed E-state index contributed by atoms with van der Waals surface area (Å²) in [6.07, 6.45) is 3.04. The Bertz CT molecular complexity index is 1080. The van der Waals surface area contributed by atoms with E-state index in [4.69, 9.17) is 9.47 Å². The van der Waals surface area contributed by atoms with Gasteiger partial charge >= 0.3 is 0 Å². The SMILES string of the molecule is COc1ccc(S(=O)(=O)N2CCOCC2)cc1NC(=O)C1(c2ccc(F)cc2)CCCC1. The highest BCUT2D eigenvalue weighted by molar-refractivity contribution is 7.89. The fourth-order valence-corrected chi connectivity index (χ4v) is 5.95. The Morgan fingerprint density at radius 1 is 1.09 bits per heavy atom. The molecule has 1 heterocycles. The molecule has 2 aromatic rings. The largest absolute Gasteiger partial charge is 0.495 e. The molecule has 172 valence electrons. The lowest BCUT2D eigenvalue weighted by Gasteiger charge is -2.29. The van der Waals surface area contributed by atoms with Crippen molar-refractivity contribution in [2.75, 3.05) is 38.7 Å². The van der Waals surface area contributed by atoms with Crippen LogP contribution in [0.5, 0.6) is 5.75 Å². The summed E-state index contributed by atoms with van der Waals surface area (Å²) >= 11 is 0. The van der Waals surface area contributed by atoms with Gasteiger partial charge in [-0.1, -0.05) is 25.0 Å². The quantitative estimate of drug-likeness (QED) is 0.712. The molecule has 1 amide bonds. The third-order valence-corrected chi connectivity index (χ3v) is 8.21. The number of methoxy groups -OCH3 is 1. The van der Waals surface area contributed by atoms with Crippen LogP contribution < -0.4 is 10.1 Å². The summed E-state index contributed by atoms with van der Waals surface area (Å²) in [4.78, 5) is 13.6. The maximum absolute atomic E-state index is 13.5. The Balaban J connectivity index is 1.66. The molecule has 1 aliphatic heterocycles. The van der Waals surface area contributed by atoms with Gasteiger partial charge in [-0.3, -0.25) is 4.79 Å². The summed E-state index contributed by atoms with van der Waals surface area (Å²) in [7, 11) is -2.27. The normalized spacial score (nSPS) is 18.9. The number of morpholine rings is 1. The van der Waals surface area contributed by atoms with Crippen LogP contribution in [-0.4, -0.2) is 52.0 Å². The topological polar surface area (TPSA) is 84.9 Å². The second-order valence-electron chi connectivity index (χ2n) is 8.13. The van der Waals surface area contributed by atoms with Crippen LogP contribution in [-0.2, 0) is 25.0 Å². The molecule has 9 heteroatoms. The van der Waals surface area contributed by atoms with Gasteiger partial charge in [0.1, 0.15) is 11.6 Å². The highest BCUT2D eigenvalue weighted by Crippen LogP contribution is 2.43. The first-order valence-corrected chi connectivity index (χ1v) is 12.1. The molecule has 7 nitrogen and oxygen atoms in total. The molecule has 1 aliphatic carbocycles. The van der Waals surface area contributed by atoms with E-state index in [9.17, 15) is 17.6 Å². The second-order valence-corrected chi connectivity index (χ2v) is 10.1. The highest BCUT2D eigenvalue weighted by Gasteiger charge is 2.43. The molecule has 0 aromatic heterocycles. The smallest absolute Gasteiger partial charge is 0.243 e. The fourth-order valence-electron chi connectivity index (χ4n) is 4.52. The van der Waals surface area contributed by atoms with Crippen LogP contribution in [0.1, 0.15) is 31.2 Å². The Hall–Kier alpha value is -2.49. The van der Waals surface area contributed by atoms with Crippen molar-refractivity contribution in [2.45, 2.75) is 36.0 Å². The van der Waals surface area contributed by atoms with E-state index >= 15 is 0 Å². The minimum Gasteiger partial charge on any atom is -0.495 e. The number of hydrogen-bond donors (Lipinski definition) is 1. The average Bonchev–Trinajstić information content (AvgIpc) is 3.31. The number of anilines is 1. The van der Waals surface area contributed by atoms with E-state index in [0.717, 1.165) is 18.4 Å². The Labute approximate surface area is 187 Å². The molecular formula is C23H27FN2O5S. The summed E-state index contributed by atoms with van der Waals surface area (Å²) in [5, 5.41) is 2.91. The number of nitrogens with zero attached hydrogens (tertiary/aromatic N) is 1. The van der Waals surface area contributed by atoms with Crippen molar-refractivity contribution >= 4 is 21.6 Å². The molecule has 1 saturated heterocycles. The molecule has 2 aromatic carbocycles. The predicted octanol–water partition coefficient (Wildman–Crippen LogP) is 3.31. The molecule has 4 rings (SSSR count). The van der Waals surface area contributed by atoms with Crippen molar-refractivity contribution in [3.8, 4) is 5.75 Å². The number of rotatable bonds is 6. The van der Waals surface area contributed by atoms with E-state index < -0.39 is 15.4 Å². The molecule has 0 unspecified atom stereocenters. The van der Waals surface area contributed by atoms with Gasteiger partial charge in [-0.25, -0.2) is 12.8 Å². The van der Waals surface area contributed by atoms with Crippen LogP contribution in [0.25, 0.3) is 0 Å². The van der Waals surface area contributed by atoms with Gasteiger partial charge in [-0.2, -0.15) is 4.31 Å². The van der Waals surface area contributed by atoms with Crippen LogP contribution in [0.2, 0.25) is 0 Å². The number of benzene rings is 2. The van der Waals surface area contributed by atoms with Crippen LogP contribution in [0, 0.1) is 5.82 Å². The number of amides is 1. The Kier molecular flexibility index (Phi) is 6.50. The third kappa shape index (κ3) is 4.24. The predicted molar refractivity (Wildman–Crippen MR) is 118 cm³/mol. The Morgan fingerprint density at radius 3 is 2.38 bits per heavy atom. The third-order valence-electron chi connectivity index (χ3n) is 6.32. The summed E-state index contributed by atoms with van der Waals surface area (Å²) in [5.41, 5.74) is 0.253. The summed E-state index contributed by atoms with van der Waals surface area (Å²) in [6, 6.07) is 10.5. The number of halogens is 1. The fraction of sp³-hybridized carbons (Fsp3) is 0.435. The number of hydrogen-bond acceptors (Lipinski definition) is 5. The lowest BCUT2D eigenvalue weighted by atomic mass is 9.78. The zero-order chi connectivity index (χ0) is 22.8. The van der Waals surface area contributed by atoms with Crippen LogP contribution in [0.15, 0.2) is 47.4 Å². The zero-order valence-corrected chi connectivity index (χ0v) is 18.8. The van der Waals surface area contributed by atoms with E-state index in [1.165, 1.54) is 35.7 Å². The number of sulfonamides is 1. The van der Waals surface area contributed by atoms with Gasteiger partial charge in [0.15, 0.2) is 0 Å². The van der Waals surface area contributed by atoms with E-state index in [-0.39, 0.29) is 29.7 Å². The first-order chi connectivity index (χ1) is 15.4. The van der Waals surface area contributed by atoms with Crippen molar-refractivity contribution in [3.05, 3.63) is 53.8 Å². The number of ether oxygens (including phenoxy) is 2. The van der Waals surface area contributed by atoms with Crippen molar-refractivity contribution < 1.29 is 27.1 Å². The van der Waals surface area contributed by atoms with E-state index in [2.05, 4.69) is 5.32 Å². The van der Waals surface area contributed by atoms with E-state index in [0.29, 0.717) is 37.5 Å². The second kappa shape index (κ2) is 9.17.